The van der Waals surface area contributed by atoms with Crippen molar-refractivity contribution in [1.82, 2.24) is 0 Å². The van der Waals surface area contributed by atoms with Crippen LogP contribution in [0.1, 0.15) is 40.3 Å². The molecule has 1 aliphatic carbocycles. The molecule has 3 aromatic rings. The van der Waals surface area contributed by atoms with Crippen LogP contribution in [-0.4, -0.2) is 35.1 Å². The van der Waals surface area contributed by atoms with Crippen LogP contribution < -0.4 is 14.2 Å². The Morgan fingerprint density at radius 3 is 2.67 bits per heavy atom. The lowest BCUT2D eigenvalue weighted by Crippen LogP contribution is -2.33. The van der Waals surface area contributed by atoms with Crippen molar-refractivity contribution in [3.8, 4) is 39.9 Å². The number of ether oxygens (including phenoxy) is 3. The van der Waals surface area contributed by atoms with Crippen LogP contribution in [0, 0.1) is 0 Å². The zero-order valence-electron chi connectivity index (χ0n) is 18.4. The molecule has 2 aliphatic heterocycles. The lowest BCUT2D eigenvalue weighted by atomic mass is 9.77. The topological polar surface area (TPSA) is 88.4 Å². The number of hydrogen-bond donors (Lipinski definition) is 3. The van der Waals surface area contributed by atoms with E-state index in [4.69, 9.17) is 14.2 Å². The number of aromatic hydroxyl groups is 2. The molecule has 6 heteroatoms. The summed E-state index contributed by atoms with van der Waals surface area (Å²) in [5, 5.41) is 31.1. The maximum Gasteiger partial charge on any atom is 0.160 e. The third kappa shape index (κ3) is 3.12. The van der Waals surface area contributed by atoms with Crippen molar-refractivity contribution in [3.63, 3.8) is 0 Å². The van der Waals surface area contributed by atoms with Gasteiger partial charge in [0, 0.05) is 23.1 Å². The summed E-state index contributed by atoms with van der Waals surface area (Å²) in [6, 6.07) is 10.6. The van der Waals surface area contributed by atoms with Crippen LogP contribution >= 0.6 is 0 Å². The molecule has 0 fully saturated rings. The highest BCUT2D eigenvalue weighted by atomic mass is 16.5. The Labute approximate surface area is 192 Å². The van der Waals surface area contributed by atoms with E-state index in [1.54, 1.807) is 24.3 Å². The van der Waals surface area contributed by atoms with E-state index in [-0.39, 0.29) is 11.5 Å². The molecule has 0 bridgehead atoms. The summed E-state index contributed by atoms with van der Waals surface area (Å²) < 4.78 is 18.0. The van der Waals surface area contributed by atoms with Gasteiger partial charge in [0.1, 0.15) is 23.4 Å². The number of rotatable bonds is 2. The second-order valence-corrected chi connectivity index (χ2v) is 9.00. The van der Waals surface area contributed by atoms with Crippen LogP contribution in [0.3, 0.4) is 0 Å². The first kappa shape index (κ1) is 20.2. The molecule has 0 amide bonds. The van der Waals surface area contributed by atoms with Crippen LogP contribution in [0.2, 0.25) is 0 Å². The van der Waals surface area contributed by atoms with Gasteiger partial charge in [-0.3, -0.25) is 0 Å². The lowest BCUT2D eigenvalue weighted by molar-refractivity contribution is 0.0191. The lowest BCUT2D eigenvalue weighted by Gasteiger charge is -2.38. The van der Waals surface area contributed by atoms with E-state index in [9.17, 15) is 15.3 Å². The molecule has 0 saturated carbocycles. The Bertz CT molecular complexity index is 1260. The molecule has 170 valence electrons. The number of aliphatic hydroxyl groups is 1. The Hall–Kier alpha value is -3.38. The zero-order valence-corrected chi connectivity index (χ0v) is 18.4. The predicted molar refractivity (Wildman–Crippen MR) is 123 cm³/mol. The van der Waals surface area contributed by atoms with E-state index in [1.807, 2.05) is 12.1 Å². The van der Waals surface area contributed by atoms with Gasteiger partial charge in [0.25, 0.3) is 0 Å². The molecule has 0 unspecified atom stereocenters. The van der Waals surface area contributed by atoms with Gasteiger partial charge in [-0.2, -0.15) is 0 Å². The van der Waals surface area contributed by atoms with Crippen molar-refractivity contribution in [2.75, 3.05) is 13.7 Å². The molecule has 6 nitrogen and oxygen atoms in total. The monoisotopic (exact) mass is 446 g/mol. The molecule has 0 spiro atoms. The standard InChI is InChI=1S/C27H26O6/c1-31-23-12-15(5-9-21(23)29)25-22(30)13-20-18-7-4-14-11-16(28)6-8-17(14)24(18)27-19(26(20)33-25)3-2-10-32-27/h5-6,8-9,11-12,22,25,28-30H,2-4,7,10,13H2,1H3/t22-,25-/m1/s1. The number of methoxy groups -OCH3 is 1. The summed E-state index contributed by atoms with van der Waals surface area (Å²) in [6.07, 6.45) is 2.55. The van der Waals surface area contributed by atoms with Crippen molar-refractivity contribution >= 4 is 0 Å². The molecule has 2 atom stereocenters. The minimum absolute atomic E-state index is 0.0523. The Balaban J connectivity index is 1.51. The SMILES string of the molecule is COc1cc([C@H]2Oc3c(c4c(c5c3CCCO5)-c3ccc(O)cc3CC4)C[C@H]2O)ccc1O. The van der Waals surface area contributed by atoms with Crippen LogP contribution in [0.25, 0.3) is 11.1 Å². The normalized spacial score (nSPS) is 20.4. The van der Waals surface area contributed by atoms with Gasteiger partial charge in [0.15, 0.2) is 11.5 Å². The molecule has 0 radical (unpaired) electrons. The van der Waals surface area contributed by atoms with Crippen molar-refractivity contribution < 1.29 is 29.5 Å². The quantitative estimate of drug-likeness (QED) is 0.546. The third-order valence-electron chi connectivity index (χ3n) is 7.08. The molecule has 33 heavy (non-hydrogen) atoms. The fourth-order valence-electron chi connectivity index (χ4n) is 5.56. The minimum Gasteiger partial charge on any atom is -0.508 e. The predicted octanol–water partition coefficient (Wildman–Crippen LogP) is 4.23. The highest BCUT2D eigenvalue weighted by Crippen LogP contribution is 2.53. The maximum atomic E-state index is 11.1. The van der Waals surface area contributed by atoms with Gasteiger partial charge in [-0.15, -0.1) is 0 Å². The van der Waals surface area contributed by atoms with Gasteiger partial charge in [-0.25, -0.2) is 0 Å². The molecular weight excluding hydrogens is 420 g/mol. The van der Waals surface area contributed by atoms with Gasteiger partial charge in [0.05, 0.1) is 19.8 Å². The largest absolute Gasteiger partial charge is 0.508 e. The van der Waals surface area contributed by atoms with Crippen molar-refractivity contribution in [2.24, 2.45) is 0 Å². The van der Waals surface area contributed by atoms with Crippen LogP contribution in [0.4, 0.5) is 0 Å². The van der Waals surface area contributed by atoms with Crippen molar-refractivity contribution in [1.29, 1.82) is 0 Å². The maximum absolute atomic E-state index is 11.1. The van der Waals surface area contributed by atoms with Gasteiger partial charge >= 0.3 is 0 Å². The first-order valence-electron chi connectivity index (χ1n) is 11.4. The van der Waals surface area contributed by atoms with E-state index < -0.39 is 12.2 Å². The minimum atomic E-state index is -0.736. The fourth-order valence-corrected chi connectivity index (χ4v) is 5.56. The second-order valence-electron chi connectivity index (χ2n) is 9.00. The number of benzene rings is 3. The second kappa shape index (κ2) is 7.59. The average Bonchev–Trinajstić information content (AvgIpc) is 2.83. The van der Waals surface area contributed by atoms with E-state index in [0.717, 1.165) is 70.6 Å². The van der Waals surface area contributed by atoms with Crippen LogP contribution in [-0.2, 0) is 25.7 Å². The summed E-state index contributed by atoms with van der Waals surface area (Å²) in [4.78, 5) is 0. The van der Waals surface area contributed by atoms with Crippen molar-refractivity contribution in [3.05, 3.63) is 64.2 Å². The molecular formula is C27H26O6. The number of aryl methyl sites for hydroxylation is 1. The summed E-state index contributed by atoms with van der Waals surface area (Å²) >= 11 is 0. The first-order chi connectivity index (χ1) is 16.0. The van der Waals surface area contributed by atoms with E-state index in [0.29, 0.717) is 18.8 Å². The van der Waals surface area contributed by atoms with Gasteiger partial charge in [-0.05, 0) is 72.2 Å². The van der Waals surface area contributed by atoms with E-state index in [2.05, 4.69) is 0 Å². The fraction of sp³-hybridized carbons (Fsp3) is 0.333. The summed E-state index contributed by atoms with van der Waals surface area (Å²) in [6.45, 7) is 0.660. The van der Waals surface area contributed by atoms with Crippen LogP contribution in [0.15, 0.2) is 36.4 Å². The molecule has 3 N–H and O–H groups in total. The molecule has 3 aliphatic rings. The zero-order chi connectivity index (χ0) is 22.7. The van der Waals surface area contributed by atoms with Crippen LogP contribution in [0.5, 0.6) is 28.7 Å². The number of fused-ring (bicyclic) bond motifs is 8. The molecule has 6 rings (SSSR count). The van der Waals surface area contributed by atoms with Gasteiger partial charge < -0.3 is 29.5 Å². The molecule has 0 aromatic heterocycles. The van der Waals surface area contributed by atoms with Gasteiger partial charge in [-0.1, -0.05) is 12.1 Å². The third-order valence-corrected chi connectivity index (χ3v) is 7.08. The van der Waals surface area contributed by atoms with Gasteiger partial charge in [0.2, 0.25) is 0 Å². The summed E-state index contributed by atoms with van der Waals surface area (Å²) in [7, 11) is 1.50. The van der Waals surface area contributed by atoms with E-state index >= 15 is 0 Å². The molecule has 2 heterocycles. The smallest absolute Gasteiger partial charge is 0.160 e. The number of phenols is 2. The summed E-state index contributed by atoms with van der Waals surface area (Å²) in [5.41, 5.74) is 7.34. The Morgan fingerprint density at radius 2 is 1.82 bits per heavy atom. The first-order valence-corrected chi connectivity index (χ1v) is 11.4. The van der Waals surface area contributed by atoms with E-state index in [1.165, 1.54) is 12.7 Å². The summed E-state index contributed by atoms with van der Waals surface area (Å²) in [5.74, 6) is 2.38. The Kier molecular flexibility index (Phi) is 4.66. The molecule has 0 saturated heterocycles. The highest BCUT2D eigenvalue weighted by Gasteiger charge is 2.38. The Morgan fingerprint density at radius 1 is 0.939 bits per heavy atom. The number of aliphatic hydroxyl groups excluding tert-OH is 1. The van der Waals surface area contributed by atoms with Crippen molar-refractivity contribution in [2.45, 2.75) is 44.3 Å². The highest BCUT2D eigenvalue weighted by molar-refractivity contribution is 5.84. The number of hydrogen-bond acceptors (Lipinski definition) is 6. The molecule has 3 aromatic carbocycles. The average molecular weight is 446 g/mol. The number of phenolic OH excluding ortho intramolecular Hbond substituents is 2.